The van der Waals surface area contributed by atoms with E-state index in [1.54, 1.807) is 18.2 Å². The molecule has 30 heavy (non-hydrogen) atoms. The highest BCUT2D eigenvalue weighted by molar-refractivity contribution is 7.90. The van der Waals surface area contributed by atoms with Crippen LogP contribution in [0.25, 0.3) is 0 Å². The van der Waals surface area contributed by atoms with E-state index in [0.717, 1.165) is 49.1 Å². The van der Waals surface area contributed by atoms with E-state index < -0.39 is 9.84 Å². The van der Waals surface area contributed by atoms with Crippen molar-refractivity contribution in [3.8, 4) is 11.5 Å². The first-order valence-corrected chi connectivity index (χ1v) is 12.0. The van der Waals surface area contributed by atoms with Gasteiger partial charge >= 0.3 is 0 Å². The minimum absolute atomic E-state index is 0.109. The van der Waals surface area contributed by atoms with Crippen LogP contribution in [0.15, 0.2) is 47.4 Å². The predicted octanol–water partition coefficient (Wildman–Crippen LogP) is 3.03. The molecular formula is C22H26N2O5S. The van der Waals surface area contributed by atoms with E-state index in [4.69, 9.17) is 9.47 Å². The number of fused-ring (bicyclic) bond motifs is 1. The largest absolute Gasteiger partial charge is 0.490 e. The second-order valence-electron chi connectivity index (χ2n) is 7.70. The van der Waals surface area contributed by atoms with Gasteiger partial charge in [0.15, 0.2) is 21.3 Å². The fourth-order valence-corrected chi connectivity index (χ4v) is 4.89. The summed E-state index contributed by atoms with van der Waals surface area (Å²) in [6, 6.07) is 12.6. The van der Waals surface area contributed by atoms with Gasteiger partial charge in [-0.05, 0) is 49.2 Å². The number of carbonyl (C=O) groups excluding carboxylic acids is 1. The van der Waals surface area contributed by atoms with Crippen LogP contribution >= 0.6 is 0 Å². The minimum Gasteiger partial charge on any atom is -0.490 e. The molecule has 1 fully saturated rings. The molecule has 0 radical (unpaired) electrons. The Morgan fingerprint density at radius 1 is 1.10 bits per heavy atom. The summed E-state index contributed by atoms with van der Waals surface area (Å²) in [5.41, 5.74) is 1.41. The van der Waals surface area contributed by atoms with E-state index in [-0.39, 0.29) is 23.4 Å². The van der Waals surface area contributed by atoms with Crippen LogP contribution < -0.4 is 14.8 Å². The van der Waals surface area contributed by atoms with Gasteiger partial charge in [-0.1, -0.05) is 18.2 Å². The summed E-state index contributed by atoms with van der Waals surface area (Å²) in [6.45, 7) is 2.28. The maximum absolute atomic E-state index is 12.7. The Hall–Kier alpha value is -2.58. The van der Waals surface area contributed by atoms with Gasteiger partial charge in [-0.3, -0.25) is 9.69 Å². The molecule has 2 aromatic rings. The highest BCUT2D eigenvalue weighted by atomic mass is 32.2. The number of anilines is 1. The molecule has 0 aromatic heterocycles. The number of benzene rings is 2. The number of hydrogen-bond acceptors (Lipinski definition) is 6. The van der Waals surface area contributed by atoms with Gasteiger partial charge < -0.3 is 14.8 Å². The molecule has 0 unspecified atom stereocenters. The average Bonchev–Trinajstić information content (AvgIpc) is 3.02. The number of rotatable bonds is 5. The third-order valence-corrected chi connectivity index (χ3v) is 6.58. The lowest BCUT2D eigenvalue weighted by Gasteiger charge is -2.25. The van der Waals surface area contributed by atoms with Gasteiger partial charge in [0.05, 0.1) is 30.3 Å². The molecule has 0 spiro atoms. The summed E-state index contributed by atoms with van der Waals surface area (Å²) in [5.74, 6) is 1.28. The lowest BCUT2D eigenvalue weighted by Crippen LogP contribution is -2.33. The molecule has 8 heteroatoms. The Morgan fingerprint density at radius 3 is 2.67 bits per heavy atom. The molecule has 0 bridgehead atoms. The average molecular weight is 431 g/mol. The van der Waals surface area contributed by atoms with Crippen LogP contribution in [0.1, 0.15) is 30.9 Å². The van der Waals surface area contributed by atoms with Crippen LogP contribution in [0.3, 0.4) is 0 Å². The Kier molecular flexibility index (Phi) is 5.97. The van der Waals surface area contributed by atoms with E-state index in [9.17, 15) is 13.2 Å². The van der Waals surface area contributed by atoms with Crippen LogP contribution in [0.5, 0.6) is 11.5 Å². The number of hydrogen-bond donors (Lipinski definition) is 1. The molecule has 2 aromatic carbocycles. The summed E-state index contributed by atoms with van der Waals surface area (Å²) in [6.07, 6.45) is 3.94. The number of likely N-dealkylation sites (tertiary alicyclic amines) is 1. The van der Waals surface area contributed by atoms with Crippen molar-refractivity contribution in [2.24, 2.45) is 0 Å². The molecule has 7 nitrogen and oxygen atoms in total. The van der Waals surface area contributed by atoms with Crippen molar-refractivity contribution in [2.75, 3.05) is 37.9 Å². The zero-order chi connectivity index (χ0) is 21.1. The Labute approximate surface area is 176 Å². The monoisotopic (exact) mass is 430 g/mol. The summed E-state index contributed by atoms with van der Waals surface area (Å²) in [7, 11) is -3.43. The number of carbonyl (C=O) groups is 1. The molecule has 1 atom stereocenters. The summed E-state index contributed by atoms with van der Waals surface area (Å²) in [4.78, 5) is 15.0. The molecule has 0 aliphatic carbocycles. The summed E-state index contributed by atoms with van der Waals surface area (Å²) < 4.78 is 35.5. The van der Waals surface area contributed by atoms with Crippen molar-refractivity contribution in [3.05, 3.63) is 48.0 Å². The zero-order valence-electron chi connectivity index (χ0n) is 17.0. The highest BCUT2D eigenvalue weighted by Crippen LogP contribution is 2.37. The highest BCUT2D eigenvalue weighted by Gasteiger charge is 2.29. The third kappa shape index (κ3) is 4.60. The van der Waals surface area contributed by atoms with Gasteiger partial charge in [0.25, 0.3) is 0 Å². The Morgan fingerprint density at radius 2 is 1.87 bits per heavy atom. The minimum atomic E-state index is -3.43. The van der Waals surface area contributed by atoms with Gasteiger partial charge in [-0.15, -0.1) is 0 Å². The van der Waals surface area contributed by atoms with E-state index in [1.165, 1.54) is 6.07 Å². The fourth-order valence-electron chi connectivity index (χ4n) is 4.05. The number of para-hydroxylation sites is 1. The first kappa shape index (κ1) is 20.7. The first-order chi connectivity index (χ1) is 14.4. The summed E-state index contributed by atoms with van der Waals surface area (Å²) in [5, 5.41) is 2.77. The SMILES string of the molecule is CS(=O)(=O)c1ccccc1NC(=O)CN1CCC[C@@H]1c1ccc2c(c1)OCCCO2. The fraction of sp³-hybridized carbons (Fsp3) is 0.409. The van der Waals surface area contributed by atoms with E-state index in [0.29, 0.717) is 18.9 Å². The molecular weight excluding hydrogens is 404 g/mol. The van der Waals surface area contributed by atoms with Gasteiger partial charge in [-0.2, -0.15) is 0 Å². The smallest absolute Gasteiger partial charge is 0.238 e. The zero-order valence-corrected chi connectivity index (χ0v) is 17.8. The standard InChI is InChI=1S/C22H26N2O5S/c1-30(26,27)21-8-3-2-6-17(21)23-22(25)15-24-11-4-7-18(24)16-9-10-19-20(14-16)29-13-5-12-28-19/h2-3,6,8-10,14,18H,4-5,7,11-13,15H2,1H3,(H,23,25)/t18-/m1/s1. The lowest BCUT2D eigenvalue weighted by molar-refractivity contribution is -0.117. The number of amides is 1. The van der Waals surface area contributed by atoms with Crippen LogP contribution in [0, 0.1) is 0 Å². The Bertz CT molecular complexity index is 1040. The third-order valence-electron chi connectivity index (χ3n) is 5.43. The van der Waals surface area contributed by atoms with Gasteiger partial charge in [0.1, 0.15) is 0 Å². The van der Waals surface area contributed by atoms with Crippen molar-refractivity contribution in [1.82, 2.24) is 4.90 Å². The molecule has 1 N–H and O–H groups in total. The number of sulfone groups is 1. The molecule has 4 rings (SSSR count). The summed E-state index contributed by atoms with van der Waals surface area (Å²) >= 11 is 0. The quantitative estimate of drug-likeness (QED) is 0.785. The van der Waals surface area contributed by atoms with Crippen molar-refractivity contribution >= 4 is 21.4 Å². The van der Waals surface area contributed by atoms with Crippen LogP contribution in [-0.2, 0) is 14.6 Å². The van der Waals surface area contributed by atoms with E-state index >= 15 is 0 Å². The maximum atomic E-state index is 12.7. The second-order valence-corrected chi connectivity index (χ2v) is 9.69. The molecule has 2 aliphatic heterocycles. The van der Waals surface area contributed by atoms with E-state index in [2.05, 4.69) is 10.2 Å². The van der Waals surface area contributed by atoms with Crippen molar-refractivity contribution in [1.29, 1.82) is 0 Å². The van der Waals surface area contributed by atoms with Gasteiger partial charge in [0.2, 0.25) is 5.91 Å². The first-order valence-electron chi connectivity index (χ1n) is 10.1. The number of ether oxygens (including phenoxy) is 2. The van der Waals surface area contributed by atoms with Crippen LogP contribution in [0.4, 0.5) is 5.69 Å². The molecule has 1 saturated heterocycles. The Balaban J connectivity index is 1.47. The number of nitrogens with zero attached hydrogens (tertiary/aromatic N) is 1. The number of nitrogens with one attached hydrogen (secondary N) is 1. The van der Waals surface area contributed by atoms with Crippen molar-refractivity contribution in [2.45, 2.75) is 30.2 Å². The van der Waals surface area contributed by atoms with Gasteiger partial charge in [-0.25, -0.2) is 8.42 Å². The van der Waals surface area contributed by atoms with E-state index in [1.807, 2.05) is 18.2 Å². The lowest BCUT2D eigenvalue weighted by atomic mass is 10.0. The van der Waals surface area contributed by atoms with Crippen LogP contribution in [0.2, 0.25) is 0 Å². The molecule has 2 aliphatic rings. The topological polar surface area (TPSA) is 84.9 Å². The normalized spacial score (nSPS) is 19.3. The van der Waals surface area contributed by atoms with Crippen LogP contribution in [-0.4, -0.2) is 51.8 Å². The second kappa shape index (κ2) is 8.65. The molecule has 160 valence electrons. The molecule has 1 amide bonds. The van der Waals surface area contributed by atoms with Crippen molar-refractivity contribution in [3.63, 3.8) is 0 Å². The van der Waals surface area contributed by atoms with Crippen molar-refractivity contribution < 1.29 is 22.7 Å². The van der Waals surface area contributed by atoms with Gasteiger partial charge in [0, 0.05) is 18.7 Å². The molecule has 2 heterocycles. The predicted molar refractivity (Wildman–Crippen MR) is 114 cm³/mol. The molecule has 0 saturated carbocycles. The maximum Gasteiger partial charge on any atom is 0.238 e.